The molecule has 1 aliphatic heterocycles. The standard InChI is InChI=1S/C12H11ClN2O6/c13-7-1-6(2-8(3-7)15(20)21)11(17)14-5-9(16)4-10(14)12(18)19/h1-3,9-10,16H,4-5H2,(H,18,19)/t9-,10+/m1/s1. The molecule has 1 aromatic carbocycles. The van der Waals surface area contributed by atoms with Crippen molar-refractivity contribution in [1.29, 1.82) is 0 Å². The molecule has 1 aromatic rings. The number of carboxylic acids is 1. The normalized spacial score (nSPS) is 21.3. The predicted molar refractivity (Wildman–Crippen MR) is 71.2 cm³/mol. The number of benzene rings is 1. The molecule has 21 heavy (non-hydrogen) atoms. The minimum Gasteiger partial charge on any atom is -0.480 e. The molecular formula is C12H11ClN2O6. The summed E-state index contributed by atoms with van der Waals surface area (Å²) in [5.74, 6) is -1.96. The monoisotopic (exact) mass is 314 g/mol. The fraction of sp³-hybridized carbons (Fsp3) is 0.333. The second-order valence-corrected chi connectivity index (χ2v) is 5.09. The average Bonchev–Trinajstić information content (AvgIpc) is 2.79. The van der Waals surface area contributed by atoms with E-state index >= 15 is 0 Å². The van der Waals surface area contributed by atoms with Crippen LogP contribution in [0.25, 0.3) is 0 Å². The Labute approximate surface area is 123 Å². The van der Waals surface area contributed by atoms with Crippen molar-refractivity contribution in [2.45, 2.75) is 18.6 Å². The quantitative estimate of drug-likeness (QED) is 0.631. The molecule has 0 aromatic heterocycles. The van der Waals surface area contributed by atoms with Crippen molar-refractivity contribution in [3.63, 3.8) is 0 Å². The molecule has 2 atom stereocenters. The minimum atomic E-state index is -1.24. The van der Waals surface area contributed by atoms with Crippen molar-refractivity contribution in [2.75, 3.05) is 6.54 Å². The molecule has 0 saturated carbocycles. The lowest BCUT2D eigenvalue weighted by atomic mass is 10.1. The molecular weight excluding hydrogens is 304 g/mol. The lowest BCUT2D eigenvalue weighted by molar-refractivity contribution is -0.384. The smallest absolute Gasteiger partial charge is 0.326 e. The maximum atomic E-state index is 12.3. The molecule has 1 fully saturated rings. The number of aliphatic hydroxyl groups excluding tert-OH is 1. The first kappa shape index (κ1) is 15.2. The van der Waals surface area contributed by atoms with Crippen LogP contribution in [0.4, 0.5) is 5.69 Å². The van der Waals surface area contributed by atoms with Gasteiger partial charge in [0.2, 0.25) is 0 Å². The van der Waals surface area contributed by atoms with E-state index < -0.39 is 28.9 Å². The van der Waals surface area contributed by atoms with E-state index in [1.165, 1.54) is 6.07 Å². The van der Waals surface area contributed by atoms with Crippen molar-refractivity contribution in [1.82, 2.24) is 4.90 Å². The van der Waals surface area contributed by atoms with Gasteiger partial charge in [-0.15, -0.1) is 0 Å². The zero-order valence-electron chi connectivity index (χ0n) is 10.6. The van der Waals surface area contributed by atoms with Crippen LogP contribution >= 0.6 is 11.6 Å². The second-order valence-electron chi connectivity index (χ2n) is 4.66. The summed E-state index contributed by atoms with van der Waals surface area (Å²) in [6, 6.07) is 2.18. The lowest BCUT2D eigenvalue weighted by Gasteiger charge is -2.21. The van der Waals surface area contributed by atoms with Crippen LogP contribution in [0.1, 0.15) is 16.8 Å². The molecule has 112 valence electrons. The van der Waals surface area contributed by atoms with Crippen LogP contribution < -0.4 is 0 Å². The molecule has 0 spiro atoms. The van der Waals surface area contributed by atoms with E-state index in [2.05, 4.69) is 0 Å². The van der Waals surface area contributed by atoms with Gasteiger partial charge in [-0.2, -0.15) is 0 Å². The number of carbonyl (C=O) groups excluding carboxylic acids is 1. The van der Waals surface area contributed by atoms with Crippen LogP contribution in [0.5, 0.6) is 0 Å². The number of carbonyl (C=O) groups is 2. The highest BCUT2D eigenvalue weighted by molar-refractivity contribution is 6.31. The summed E-state index contributed by atoms with van der Waals surface area (Å²) in [4.78, 5) is 34.4. The Bertz CT molecular complexity index is 620. The molecule has 1 amide bonds. The van der Waals surface area contributed by atoms with Gasteiger partial charge in [-0.05, 0) is 6.07 Å². The summed E-state index contributed by atoms with van der Waals surface area (Å²) >= 11 is 5.73. The van der Waals surface area contributed by atoms with E-state index in [9.17, 15) is 24.8 Å². The van der Waals surface area contributed by atoms with Crippen molar-refractivity contribution < 1.29 is 24.7 Å². The van der Waals surface area contributed by atoms with Gasteiger partial charge in [-0.3, -0.25) is 14.9 Å². The van der Waals surface area contributed by atoms with Crippen LogP contribution in [-0.4, -0.2) is 50.6 Å². The maximum Gasteiger partial charge on any atom is 0.326 e. The number of nitro benzene ring substituents is 1. The summed E-state index contributed by atoms with van der Waals surface area (Å²) < 4.78 is 0. The van der Waals surface area contributed by atoms with E-state index in [0.29, 0.717) is 0 Å². The zero-order valence-corrected chi connectivity index (χ0v) is 11.4. The summed E-state index contributed by atoms with van der Waals surface area (Å²) in [6.45, 7) is -0.143. The van der Waals surface area contributed by atoms with Crippen molar-refractivity contribution in [3.05, 3.63) is 38.9 Å². The highest BCUT2D eigenvalue weighted by Gasteiger charge is 2.39. The van der Waals surface area contributed by atoms with Crippen LogP contribution in [0.2, 0.25) is 5.02 Å². The Morgan fingerprint density at radius 1 is 1.38 bits per heavy atom. The Morgan fingerprint density at radius 3 is 2.62 bits per heavy atom. The van der Waals surface area contributed by atoms with Crippen molar-refractivity contribution in [2.24, 2.45) is 0 Å². The molecule has 2 N–H and O–H groups in total. The van der Waals surface area contributed by atoms with Crippen LogP contribution in [-0.2, 0) is 4.79 Å². The lowest BCUT2D eigenvalue weighted by Crippen LogP contribution is -2.40. The number of nitro groups is 1. The van der Waals surface area contributed by atoms with Gasteiger partial charge in [0.25, 0.3) is 11.6 Å². The average molecular weight is 315 g/mol. The van der Waals surface area contributed by atoms with Gasteiger partial charge in [-0.25, -0.2) is 4.79 Å². The topological polar surface area (TPSA) is 121 Å². The van der Waals surface area contributed by atoms with Crippen LogP contribution in [0, 0.1) is 10.1 Å². The maximum absolute atomic E-state index is 12.3. The first-order chi connectivity index (χ1) is 9.79. The first-order valence-corrected chi connectivity index (χ1v) is 6.34. The third-order valence-electron chi connectivity index (χ3n) is 3.17. The highest BCUT2D eigenvalue weighted by atomic mass is 35.5. The number of halogens is 1. The van der Waals surface area contributed by atoms with E-state index in [4.69, 9.17) is 16.7 Å². The van der Waals surface area contributed by atoms with Gasteiger partial charge in [0.1, 0.15) is 6.04 Å². The Kier molecular flexibility index (Phi) is 4.10. The molecule has 8 nitrogen and oxygen atoms in total. The van der Waals surface area contributed by atoms with Gasteiger partial charge in [0.15, 0.2) is 0 Å². The van der Waals surface area contributed by atoms with Gasteiger partial charge in [0, 0.05) is 35.7 Å². The van der Waals surface area contributed by atoms with Crippen LogP contribution in [0.3, 0.4) is 0 Å². The van der Waals surface area contributed by atoms with E-state index in [1.54, 1.807) is 0 Å². The van der Waals surface area contributed by atoms with E-state index in [-0.39, 0.29) is 29.2 Å². The number of nitrogens with zero attached hydrogens (tertiary/aromatic N) is 2. The Morgan fingerprint density at radius 2 is 2.05 bits per heavy atom. The number of amides is 1. The number of aliphatic carboxylic acids is 1. The number of rotatable bonds is 3. The Hall–Kier alpha value is -2.19. The number of hydrogen-bond acceptors (Lipinski definition) is 5. The number of β-amino-alcohol motifs (C(OH)–C–C–N with tert-alkyl or cyclic N) is 1. The zero-order chi connectivity index (χ0) is 15.7. The largest absolute Gasteiger partial charge is 0.480 e. The second kappa shape index (κ2) is 5.66. The number of aliphatic hydroxyl groups is 1. The molecule has 0 radical (unpaired) electrons. The van der Waals surface area contributed by atoms with Gasteiger partial charge in [-0.1, -0.05) is 11.6 Å². The molecule has 0 aliphatic carbocycles. The predicted octanol–water partition coefficient (Wildman–Crippen LogP) is 0.908. The van der Waals surface area contributed by atoms with Gasteiger partial charge >= 0.3 is 5.97 Å². The van der Waals surface area contributed by atoms with E-state index in [1.807, 2.05) is 0 Å². The number of likely N-dealkylation sites (tertiary alicyclic amines) is 1. The molecule has 0 unspecified atom stereocenters. The van der Waals surface area contributed by atoms with Crippen molar-refractivity contribution in [3.8, 4) is 0 Å². The molecule has 9 heteroatoms. The SMILES string of the molecule is O=C(O)[C@@H]1C[C@@H](O)CN1C(=O)c1cc(Cl)cc([N+](=O)[O-])c1. The number of non-ortho nitro benzene ring substituents is 1. The third-order valence-corrected chi connectivity index (χ3v) is 3.38. The number of carboxylic acid groups (broad SMARTS) is 1. The first-order valence-electron chi connectivity index (χ1n) is 5.96. The van der Waals surface area contributed by atoms with E-state index in [0.717, 1.165) is 17.0 Å². The third kappa shape index (κ3) is 3.11. The van der Waals surface area contributed by atoms with Crippen molar-refractivity contribution >= 4 is 29.2 Å². The molecule has 0 bridgehead atoms. The molecule has 2 rings (SSSR count). The summed E-state index contributed by atoms with van der Waals surface area (Å²) in [5, 5.41) is 29.3. The summed E-state index contributed by atoms with van der Waals surface area (Å²) in [7, 11) is 0. The van der Waals surface area contributed by atoms with Crippen LogP contribution in [0.15, 0.2) is 18.2 Å². The van der Waals surface area contributed by atoms with Gasteiger partial charge in [0.05, 0.1) is 11.0 Å². The summed E-state index contributed by atoms with van der Waals surface area (Å²) in [6.07, 6.45) is -1.02. The molecule has 1 aliphatic rings. The fourth-order valence-electron chi connectivity index (χ4n) is 2.24. The minimum absolute atomic E-state index is 0.000768. The molecule has 1 heterocycles. The summed E-state index contributed by atoms with van der Waals surface area (Å²) in [5.41, 5.74) is -0.452. The van der Waals surface area contributed by atoms with Gasteiger partial charge < -0.3 is 15.1 Å². The number of hydrogen-bond donors (Lipinski definition) is 2. The fourth-order valence-corrected chi connectivity index (χ4v) is 2.47. The highest BCUT2D eigenvalue weighted by Crippen LogP contribution is 2.25. The Balaban J connectivity index is 2.35. The molecule has 1 saturated heterocycles.